The number of hydrogen-bond acceptors (Lipinski definition) is 1. The molecule has 3 heteroatoms. The minimum atomic E-state index is -2.95. The third kappa shape index (κ3) is 5.82. The van der Waals surface area contributed by atoms with Gasteiger partial charge in [-0.15, -0.1) is 0 Å². The van der Waals surface area contributed by atoms with Gasteiger partial charge < -0.3 is 4.74 Å². The molecule has 0 N–H and O–H groups in total. The van der Waals surface area contributed by atoms with Crippen molar-refractivity contribution in [2.45, 2.75) is 20.0 Å². The highest BCUT2D eigenvalue weighted by Crippen LogP contribution is 2.11. The average Bonchev–Trinajstić information content (AvgIpc) is 1.30. The summed E-state index contributed by atoms with van der Waals surface area (Å²) in [4.78, 5) is 0. The summed E-state index contributed by atoms with van der Waals surface area (Å²) < 4.78 is 26.9. The Labute approximate surface area is 41.3 Å². The Hall–Kier alpha value is -0.180. The topological polar surface area (TPSA) is 9.23 Å². The lowest BCUT2D eigenvalue weighted by atomic mass is 10.7. The minimum Gasteiger partial charge on any atom is -0.321 e. The molecule has 0 unspecified atom stereocenters. The first-order valence-electron chi connectivity index (χ1n) is 2.08. The van der Waals surface area contributed by atoms with Gasteiger partial charge in [0.25, 0.3) is 0 Å². The van der Waals surface area contributed by atoms with E-state index < -0.39 is 6.11 Å². The van der Waals surface area contributed by atoms with Crippen LogP contribution in [-0.2, 0) is 4.74 Å². The first-order chi connectivity index (χ1) is 3.06. The van der Waals surface area contributed by atoms with E-state index in [2.05, 4.69) is 4.74 Å². The Balaban J connectivity index is 3.15. The van der Waals surface area contributed by atoms with E-state index in [0.717, 1.165) is 6.92 Å². The first-order valence-corrected chi connectivity index (χ1v) is 2.08. The minimum absolute atomic E-state index is 0.0590. The summed E-state index contributed by atoms with van der Waals surface area (Å²) in [5.41, 5.74) is 0. The van der Waals surface area contributed by atoms with E-state index in [4.69, 9.17) is 0 Å². The van der Waals surface area contributed by atoms with Crippen molar-refractivity contribution in [3.05, 3.63) is 0 Å². The van der Waals surface area contributed by atoms with Crippen LogP contribution in [0.5, 0.6) is 0 Å². The molecule has 0 atom stereocenters. The summed E-state index contributed by atoms with van der Waals surface area (Å²) in [6, 6.07) is 0. The maximum absolute atomic E-state index is 11.5. The molecule has 0 fully saturated rings. The van der Waals surface area contributed by atoms with E-state index in [0.29, 0.717) is 0 Å². The Bertz CT molecular complexity index is 48.1. The molecule has 0 bridgehead atoms. The smallest absolute Gasteiger partial charge is 0.321 e. The van der Waals surface area contributed by atoms with E-state index in [1.165, 1.54) is 6.92 Å². The fourth-order valence-corrected chi connectivity index (χ4v) is 0.253. The van der Waals surface area contributed by atoms with Gasteiger partial charge in [-0.25, -0.2) is 0 Å². The molecule has 0 rings (SSSR count). The van der Waals surface area contributed by atoms with Gasteiger partial charge in [0, 0.05) is 6.92 Å². The summed E-state index contributed by atoms with van der Waals surface area (Å²) in [7, 11) is 0. The van der Waals surface area contributed by atoms with Crippen LogP contribution < -0.4 is 0 Å². The van der Waals surface area contributed by atoms with Crippen LogP contribution in [0.2, 0.25) is 0 Å². The van der Waals surface area contributed by atoms with Gasteiger partial charge in [0.2, 0.25) is 0 Å². The Kier molecular flexibility index (Phi) is 2.15. The second kappa shape index (κ2) is 2.21. The van der Waals surface area contributed by atoms with Crippen molar-refractivity contribution < 1.29 is 13.5 Å². The van der Waals surface area contributed by atoms with E-state index in [1.807, 2.05) is 0 Å². The van der Waals surface area contributed by atoms with E-state index in [9.17, 15) is 8.78 Å². The predicted molar refractivity (Wildman–Crippen MR) is 22.2 cm³/mol. The molecule has 0 saturated carbocycles. The Morgan fingerprint density at radius 3 is 2.00 bits per heavy atom. The molecule has 0 aromatic rings. The third-order valence-electron chi connectivity index (χ3n) is 0.398. The standard InChI is InChI=1S/C4H8F2O/c1-3-7-4(2,5)6/h3H2,1-2H3. The molecular formula is C4H8F2O. The Morgan fingerprint density at radius 1 is 1.57 bits per heavy atom. The number of rotatable bonds is 2. The molecule has 0 heterocycles. The predicted octanol–water partition coefficient (Wildman–Crippen LogP) is 1.64. The Morgan fingerprint density at radius 2 is 2.00 bits per heavy atom. The second-order valence-electron chi connectivity index (χ2n) is 1.24. The summed E-state index contributed by atoms with van der Waals surface area (Å²) in [5.74, 6) is 0. The van der Waals surface area contributed by atoms with Crippen LogP contribution in [0.1, 0.15) is 13.8 Å². The highest BCUT2D eigenvalue weighted by Gasteiger charge is 2.19. The van der Waals surface area contributed by atoms with Crippen LogP contribution in [0.15, 0.2) is 0 Å². The molecule has 0 amide bonds. The zero-order chi connectivity index (χ0) is 5.91. The van der Waals surface area contributed by atoms with Crippen molar-refractivity contribution in [3.8, 4) is 0 Å². The molecule has 0 aromatic carbocycles. The third-order valence-corrected chi connectivity index (χ3v) is 0.398. The van der Waals surface area contributed by atoms with Crippen LogP contribution in [0.25, 0.3) is 0 Å². The van der Waals surface area contributed by atoms with E-state index >= 15 is 0 Å². The van der Waals surface area contributed by atoms with Crippen molar-refractivity contribution >= 4 is 0 Å². The van der Waals surface area contributed by atoms with Gasteiger partial charge in [-0.3, -0.25) is 0 Å². The fraction of sp³-hybridized carbons (Fsp3) is 1.00. The first kappa shape index (κ1) is 6.82. The van der Waals surface area contributed by atoms with Crippen molar-refractivity contribution in [1.29, 1.82) is 0 Å². The van der Waals surface area contributed by atoms with Gasteiger partial charge in [-0.05, 0) is 6.92 Å². The van der Waals surface area contributed by atoms with Crippen molar-refractivity contribution in [1.82, 2.24) is 0 Å². The van der Waals surface area contributed by atoms with Crippen molar-refractivity contribution in [3.63, 3.8) is 0 Å². The van der Waals surface area contributed by atoms with Gasteiger partial charge in [0.05, 0.1) is 6.61 Å². The largest absolute Gasteiger partial charge is 0.352 e. The number of halogens is 2. The van der Waals surface area contributed by atoms with Crippen LogP contribution in [0, 0.1) is 0 Å². The lowest BCUT2D eigenvalue weighted by molar-refractivity contribution is -0.220. The van der Waals surface area contributed by atoms with Crippen molar-refractivity contribution in [2.75, 3.05) is 6.61 Å². The fourth-order valence-electron chi connectivity index (χ4n) is 0.253. The summed E-state index contributed by atoms with van der Waals surface area (Å²) in [6.45, 7) is 2.30. The molecule has 0 aliphatic rings. The van der Waals surface area contributed by atoms with Crippen LogP contribution in [0.3, 0.4) is 0 Å². The van der Waals surface area contributed by atoms with E-state index in [1.54, 1.807) is 0 Å². The van der Waals surface area contributed by atoms with Gasteiger partial charge >= 0.3 is 6.11 Å². The summed E-state index contributed by atoms with van der Waals surface area (Å²) >= 11 is 0. The average molecular weight is 110 g/mol. The lowest BCUT2D eigenvalue weighted by Gasteiger charge is -2.07. The highest BCUT2D eigenvalue weighted by molar-refractivity contribution is 4.34. The van der Waals surface area contributed by atoms with Gasteiger partial charge in [0.1, 0.15) is 0 Å². The molecule has 0 aliphatic carbocycles. The SMILES string of the molecule is CCOC(C)(F)F. The molecule has 1 nitrogen and oxygen atoms in total. The molecule has 0 aromatic heterocycles. The normalized spacial score (nSPS) is 12.0. The van der Waals surface area contributed by atoms with Crippen LogP contribution >= 0.6 is 0 Å². The van der Waals surface area contributed by atoms with Crippen molar-refractivity contribution in [2.24, 2.45) is 0 Å². The van der Waals surface area contributed by atoms with Gasteiger partial charge in [0.15, 0.2) is 0 Å². The summed E-state index contributed by atoms with van der Waals surface area (Å²) in [5, 5.41) is 0. The van der Waals surface area contributed by atoms with Gasteiger partial charge in [-0.1, -0.05) is 0 Å². The molecule has 0 saturated heterocycles. The molecule has 0 aliphatic heterocycles. The number of ether oxygens (including phenoxy) is 1. The van der Waals surface area contributed by atoms with Crippen LogP contribution in [-0.4, -0.2) is 12.7 Å². The number of alkyl halides is 2. The van der Waals surface area contributed by atoms with Gasteiger partial charge in [-0.2, -0.15) is 8.78 Å². The number of hydrogen-bond donors (Lipinski definition) is 0. The molecule has 44 valence electrons. The molecule has 0 radical (unpaired) electrons. The van der Waals surface area contributed by atoms with E-state index in [-0.39, 0.29) is 6.61 Å². The monoisotopic (exact) mass is 110 g/mol. The summed E-state index contributed by atoms with van der Waals surface area (Å²) in [6.07, 6.45) is -2.95. The maximum atomic E-state index is 11.5. The zero-order valence-corrected chi connectivity index (χ0v) is 4.37. The zero-order valence-electron chi connectivity index (χ0n) is 4.37. The maximum Gasteiger partial charge on any atom is 0.352 e. The molecule has 7 heavy (non-hydrogen) atoms. The molecular weight excluding hydrogens is 102 g/mol. The lowest BCUT2D eigenvalue weighted by Crippen LogP contribution is -2.14. The second-order valence-corrected chi connectivity index (χ2v) is 1.24. The highest BCUT2D eigenvalue weighted by atomic mass is 19.3. The van der Waals surface area contributed by atoms with Crippen LogP contribution in [0.4, 0.5) is 8.78 Å². The molecule has 0 spiro atoms. The quantitative estimate of drug-likeness (QED) is 0.525.